The van der Waals surface area contributed by atoms with Gasteiger partial charge in [0, 0.05) is 18.8 Å². The molecular weight excluding hydrogens is 240 g/mol. The van der Waals surface area contributed by atoms with Crippen LogP contribution in [0.5, 0.6) is 5.75 Å². The van der Waals surface area contributed by atoms with E-state index in [0.29, 0.717) is 24.5 Å². The minimum Gasteiger partial charge on any atom is -0.490 e. The Morgan fingerprint density at radius 3 is 3.05 bits per heavy atom. The summed E-state index contributed by atoms with van der Waals surface area (Å²) in [5.41, 5.74) is 1.26. The first kappa shape index (κ1) is 12.9. The van der Waals surface area contributed by atoms with Crippen LogP contribution in [0.3, 0.4) is 0 Å². The third kappa shape index (κ3) is 2.90. The number of pyridine rings is 1. The molecule has 1 saturated heterocycles. The zero-order valence-electron chi connectivity index (χ0n) is 11.5. The van der Waals surface area contributed by atoms with Crippen LogP contribution >= 0.6 is 0 Å². The van der Waals surface area contributed by atoms with Gasteiger partial charge in [0.1, 0.15) is 12.4 Å². The summed E-state index contributed by atoms with van der Waals surface area (Å²) in [7, 11) is 2.13. The van der Waals surface area contributed by atoms with Gasteiger partial charge in [-0.15, -0.1) is 0 Å². The Balaban J connectivity index is 1.55. The van der Waals surface area contributed by atoms with Crippen molar-refractivity contribution in [3.05, 3.63) is 24.0 Å². The van der Waals surface area contributed by atoms with Crippen LogP contribution in [-0.2, 0) is 0 Å². The number of likely N-dealkylation sites (tertiary alicyclic amines) is 1. The second-order valence-electron chi connectivity index (χ2n) is 5.80. The molecule has 1 aliphatic carbocycles. The third-order valence-electron chi connectivity index (χ3n) is 4.47. The molecule has 1 saturated carbocycles. The van der Waals surface area contributed by atoms with Gasteiger partial charge in [-0.05, 0) is 56.3 Å². The summed E-state index contributed by atoms with van der Waals surface area (Å²) in [5, 5.41) is 8.95. The molecule has 19 heavy (non-hydrogen) atoms. The van der Waals surface area contributed by atoms with E-state index in [-0.39, 0.29) is 0 Å². The molecule has 0 bridgehead atoms. The number of aliphatic hydroxyl groups is 1. The number of aromatic nitrogens is 1. The van der Waals surface area contributed by atoms with Crippen LogP contribution in [0.1, 0.15) is 30.7 Å². The summed E-state index contributed by atoms with van der Waals surface area (Å²) in [5.74, 6) is 2.10. The van der Waals surface area contributed by atoms with Crippen LogP contribution in [-0.4, -0.2) is 47.8 Å². The molecule has 2 heterocycles. The first-order chi connectivity index (χ1) is 9.28. The van der Waals surface area contributed by atoms with Gasteiger partial charge in [0.15, 0.2) is 0 Å². The Labute approximate surface area is 114 Å². The maximum Gasteiger partial charge on any atom is 0.137 e. The van der Waals surface area contributed by atoms with Gasteiger partial charge in [0.2, 0.25) is 0 Å². The zero-order valence-corrected chi connectivity index (χ0v) is 11.5. The largest absolute Gasteiger partial charge is 0.490 e. The molecule has 3 rings (SSSR count). The molecule has 0 aromatic carbocycles. The monoisotopic (exact) mass is 262 g/mol. The van der Waals surface area contributed by atoms with E-state index < -0.39 is 0 Å². The van der Waals surface area contributed by atoms with Crippen molar-refractivity contribution in [1.29, 1.82) is 0 Å². The zero-order chi connectivity index (χ0) is 13.2. The van der Waals surface area contributed by atoms with E-state index in [9.17, 15) is 0 Å². The molecule has 2 aliphatic rings. The summed E-state index contributed by atoms with van der Waals surface area (Å²) in [4.78, 5) is 6.60. The summed E-state index contributed by atoms with van der Waals surface area (Å²) >= 11 is 0. The molecule has 0 radical (unpaired) electrons. The lowest BCUT2D eigenvalue weighted by atomic mass is 10.1. The molecule has 2 fully saturated rings. The highest BCUT2D eigenvalue weighted by atomic mass is 16.5. The number of aliphatic hydroxyl groups excluding tert-OH is 1. The maximum absolute atomic E-state index is 8.95. The van der Waals surface area contributed by atoms with Crippen molar-refractivity contribution in [3.8, 4) is 5.75 Å². The van der Waals surface area contributed by atoms with Crippen LogP contribution < -0.4 is 4.74 Å². The van der Waals surface area contributed by atoms with Gasteiger partial charge < -0.3 is 9.84 Å². The van der Waals surface area contributed by atoms with Gasteiger partial charge in [0.05, 0.1) is 6.20 Å². The Hall–Kier alpha value is -1.13. The molecule has 3 atom stereocenters. The first-order valence-corrected chi connectivity index (χ1v) is 7.17. The van der Waals surface area contributed by atoms with Crippen molar-refractivity contribution < 1.29 is 9.84 Å². The molecule has 0 spiro atoms. The van der Waals surface area contributed by atoms with Gasteiger partial charge in [-0.2, -0.15) is 0 Å². The summed E-state index contributed by atoms with van der Waals surface area (Å²) < 4.78 is 5.84. The van der Waals surface area contributed by atoms with E-state index in [1.807, 2.05) is 6.20 Å². The lowest BCUT2D eigenvalue weighted by Gasteiger charge is -2.37. The number of hydrogen-bond donors (Lipinski definition) is 1. The minimum atomic E-state index is 0.290. The van der Waals surface area contributed by atoms with Crippen LogP contribution in [0.4, 0.5) is 0 Å². The summed E-state index contributed by atoms with van der Waals surface area (Å²) in [6.45, 7) is 2.22. The van der Waals surface area contributed by atoms with E-state index in [1.54, 1.807) is 6.20 Å². The SMILES string of the molecule is CN1CC[C@H]1COc1cncc([C@H]2C[C@H]2CCO)c1. The fraction of sp³-hybridized carbons (Fsp3) is 0.667. The quantitative estimate of drug-likeness (QED) is 0.846. The van der Waals surface area contributed by atoms with E-state index in [4.69, 9.17) is 9.84 Å². The van der Waals surface area contributed by atoms with E-state index in [2.05, 4.69) is 23.0 Å². The standard InChI is InChI=1S/C15H22N2O2/c1-17-4-2-13(17)10-19-14-6-12(8-16-9-14)15-7-11(15)3-5-18/h6,8-9,11,13,15,18H,2-5,7,10H2,1H3/t11-,13+,15+/m1/s1. The van der Waals surface area contributed by atoms with Crippen molar-refractivity contribution in [3.63, 3.8) is 0 Å². The number of rotatable bonds is 6. The fourth-order valence-corrected chi connectivity index (χ4v) is 2.83. The molecule has 1 N–H and O–H groups in total. The van der Waals surface area contributed by atoms with Crippen molar-refractivity contribution >= 4 is 0 Å². The van der Waals surface area contributed by atoms with Crippen LogP contribution in [0.2, 0.25) is 0 Å². The lowest BCUT2D eigenvalue weighted by molar-refractivity contribution is 0.0767. The van der Waals surface area contributed by atoms with Crippen molar-refractivity contribution in [2.24, 2.45) is 5.92 Å². The maximum atomic E-state index is 8.95. The Bertz CT molecular complexity index is 438. The molecule has 104 valence electrons. The average Bonchev–Trinajstić information content (AvgIpc) is 3.17. The Kier molecular flexibility index (Phi) is 3.71. The lowest BCUT2D eigenvalue weighted by Crippen LogP contribution is -2.48. The first-order valence-electron chi connectivity index (χ1n) is 7.17. The van der Waals surface area contributed by atoms with Gasteiger partial charge >= 0.3 is 0 Å². The summed E-state index contributed by atoms with van der Waals surface area (Å²) in [6, 6.07) is 2.68. The molecule has 1 aliphatic heterocycles. The predicted molar refractivity (Wildman–Crippen MR) is 73.3 cm³/mol. The van der Waals surface area contributed by atoms with E-state index in [1.165, 1.54) is 24.9 Å². The van der Waals surface area contributed by atoms with Gasteiger partial charge in [-0.25, -0.2) is 0 Å². The number of hydrogen-bond acceptors (Lipinski definition) is 4. The van der Waals surface area contributed by atoms with Crippen molar-refractivity contribution in [2.75, 3.05) is 26.8 Å². The van der Waals surface area contributed by atoms with E-state index in [0.717, 1.165) is 18.8 Å². The Morgan fingerprint density at radius 1 is 1.47 bits per heavy atom. The smallest absolute Gasteiger partial charge is 0.137 e. The molecule has 4 nitrogen and oxygen atoms in total. The van der Waals surface area contributed by atoms with Crippen molar-refractivity contribution in [1.82, 2.24) is 9.88 Å². The fourth-order valence-electron chi connectivity index (χ4n) is 2.83. The molecule has 4 heteroatoms. The Morgan fingerprint density at radius 2 is 2.37 bits per heavy atom. The molecular formula is C15H22N2O2. The summed E-state index contributed by atoms with van der Waals surface area (Å²) in [6.07, 6.45) is 7.04. The number of likely N-dealkylation sites (N-methyl/N-ethyl adjacent to an activating group) is 1. The highest BCUT2D eigenvalue weighted by molar-refractivity contribution is 5.30. The molecule has 0 amide bonds. The van der Waals surface area contributed by atoms with E-state index >= 15 is 0 Å². The van der Waals surface area contributed by atoms with Crippen molar-refractivity contribution in [2.45, 2.75) is 31.2 Å². The second kappa shape index (κ2) is 5.47. The molecule has 1 aromatic heterocycles. The number of nitrogens with zero attached hydrogens (tertiary/aromatic N) is 2. The number of ether oxygens (including phenoxy) is 1. The molecule has 0 unspecified atom stereocenters. The predicted octanol–water partition coefficient (Wildman–Crippen LogP) is 1.65. The third-order valence-corrected chi connectivity index (χ3v) is 4.47. The average molecular weight is 262 g/mol. The van der Waals surface area contributed by atoms with Crippen LogP contribution in [0.15, 0.2) is 18.5 Å². The highest BCUT2D eigenvalue weighted by Gasteiger charge is 2.37. The van der Waals surface area contributed by atoms with Crippen LogP contribution in [0, 0.1) is 5.92 Å². The van der Waals surface area contributed by atoms with Gasteiger partial charge in [-0.1, -0.05) is 0 Å². The topological polar surface area (TPSA) is 45.6 Å². The van der Waals surface area contributed by atoms with Gasteiger partial charge in [0.25, 0.3) is 0 Å². The second-order valence-corrected chi connectivity index (χ2v) is 5.80. The normalized spacial score (nSPS) is 29.9. The van der Waals surface area contributed by atoms with Crippen LogP contribution in [0.25, 0.3) is 0 Å². The minimum absolute atomic E-state index is 0.290. The molecule has 1 aromatic rings. The highest BCUT2D eigenvalue weighted by Crippen LogP contribution is 2.49. The van der Waals surface area contributed by atoms with Gasteiger partial charge in [-0.3, -0.25) is 9.88 Å².